The molecule has 0 saturated heterocycles. The van der Waals surface area contributed by atoms with Crippen LogP contribution in [0, 0.1) is 12.8 Å². The number of carbonyl (C=O) groups excluding carboxylic acids is 1. The number of carbonyl (C=O) groups is 1. The third kappa shape index (κ3) is 3.97. The van der Waals surface area contributed by atoms with Gasteiger partial charge >= 0.3 is 5.97 Å². The normalized spacial score (nSPS) is 14.0. The Labute approximate surface area is 139 Å². The van der Waals surface area contributed by atoms with Crippen molar-refractivity contribution in [3.05, 3.63) is 16.8 Å². The highest BCUT2D eigenvalue weighted by Gasteiger charge is 2.31. The minimum absolute atomic E-state index is 0.0161. The van der Waals surface area contributed by atoms with Crippen LogP contribution in [0.4, 0.5) is 5.82 Å². The van der Waals surface area contributed by atoms with Crippen molar-refractivity contribution in [3.63, 3.8) is 0 Å². The van der Waals surface area contributed by atoms with Crippen LogP contribution in [-0.4, -0.2) is 40.3 Å². The molecule has 0 aliphatic rings. The molecule has 2 heterocycles. The Morgan fingerprint density at radius 1 is 1.48 bits per heavy atom. The summed E-state index contributed by atoms with van der Waals surface area (Å²) in [6.07, 6.45) is 0.925. The number of hydrogen-bond acceptors (Lipinski definition) is 7. The first-order valence-corrected chi connectivity index (χ1v) is 8.42. The number of rotatable bonds is 6. The van der Waals surface area contributed by atoms with E-state index in [1.54, 1.807) is 11.3 Å². The van der Waals surface area contributed by atoms with E-state index in [0.29, 0.717) is 17.6 Å². The van der Waals surface area contributed by atoms with Crippen molar-refractivity contribution in [2.75, 3.05) is 19.0 Å². The first-order chi connectivity index (χ1) is 10.7. The fourth-order valence-electron chi connectivity index (χ4n) is 2.37. The number of nitrogens with zero attached hydrogens (tertiary/aromatic N) is 2. The first kappa shape index (κ1) is 17.6. The molecular weight excluding hydrogens is 314 g/mol. The molecule has 2 N–H and O–H groups in total. The second-order valence-corrected chi connectivity index (χ2v) is 7.14. The Hall–Kier alpha value is -1.73. The molecule has 7 heteroatoms. The summed E-state index contributed by atoms with van der Waals surface area (Å²) in [5.74, 6) is 1.13. The number of aryl methyl sites for hydroxylation is 1. The maximum absolute atomic E-state index is 11.6. The molecule has 126 valence electrons. The molecule has 2 rings (SSSR count). The molecule has 0 amide bonds. The molecule has 23 heavy (non-hydrogen) atoms. The van der Waals surface area contributed by atoms with Crippen molar-refractivity contribution in [3.8, 4) is 0 Å². The SMILES string of the molecule is COC(=O)[C@](C)(O)CNc1nc(C)nc2scc(CC(C)C)c12. The summed E-state index contributed by atoms with van der Waals surface area (Å²) in [6.45, 7) is 7.58. The number of aromatic nitrogens is 2. The molecule has 0 aliphatic heterocycles. The largest absolute Gasteiger partial charge is 0.467 e. The molecule has 0 aromatic carbocycles. The van der Waals surface area contributed by atoms with Crippen LogP contribution in [0.1, 0.15) is 32.2 Å². The van der Waals surface area contributed by atoms with Gasteiger partial charge in [0, 0.05) is 0 Å². The predicted molar refractivity (Wildman–Crippen MR) is 91.8 cm³/mol. The van der Waals surface area contributed by atoms with Gasteiger partial charge in [-0.3, -0.25) is 0 Å². The van der Waals surface area contributed by atoms with E-state index in [1.165, 1.54) is 19.6 Å². The van der Waals surface area contributed by atoms with Crippen LogP contribution in [0.2, 0.25) is 0 Å². The van der Waals surface area contributed by atoms with Crippen molar-refractivity contribution < 1.29 is 14.6 Å². The van der Waals surface area contributed by atoms with Crippen LogP contribution in [0.25, 0.3) is 10.2 Å². The molecule has 2 aromatic rings. The van der Waals surface area contributed by atoms with Gasteiger partial charge in [0.15, 0.2) is 5.60 Å². The zero-order valence-corrected chi connectivity index (χ0v) is 15.0. The van der Waals surface area contributed by atoms with Gasteiger partial charge in [-0.25, -0.2) is 14.8 Å². The van der Waals surface area contributed by atoms with E-state index in [2.05, 4.69) is 39.2 Å². The van der Waals surface area contributed by atoms with Crippen molar-refractivity contribution >= 4 is 33.3 Å². The van der Waals surface area contributed by atoms with Gasteiger partial charge < -0.3 is 15.2 Å². The molecule has 0 radical (unpaired) electrons. The van der Waals surface area contributed by atoms with Crippen molar-refractivity contribution in [2.24, 2.45) is 5.92 Å². The molecule has 0 aliphatic carbocycles. The van der Waals surface area contributed by atoms with E-state index >= 15 is 0 Å². The Morgan fingerprint density at radius 2 is 2.17 bits per heavy atom. The standard InChI is InChI=1S/C16H23N3O3S/c1-9(2)6-11-7-23-14-12(11)13(18-10(3)19-14)17-8-16(4,21)15(20)22-5/h7,9,21H,6,8H2,1-5H3,(H,17,18,19)/t16-/m1/s1. The number of ether oxygens (including phenoxy) is 1. The highest BCUT2D eigenvalue weighted by Crippen LogP contribution is 2.31. The van der Waals surface area contributed by atoms with Crippen molar-refractivity contribution in [1.82, 2.24) is 9.97 Å². The summed E-state index contributed by atoms with van der Waals surface area (Å²) >= 11 is 1.58. The number of fused-ring (bicyclic) bond motifs is 1. The zero-order chi connectivity index (χ0) is 17.2. The summed E-state index contributed by atoms with van der Waals surface area (Å²) < 4.78 is 4.62. The third-order valence-corrected chi connectivity index (χ3v) is 4.40. The Bertz CT molecular complexity index is 710. The van der Waals surface area contributed by atoms with E-state index in [1.807, 2.05) is 6.92 Å². The van der Waals surface area contributed by atoms with Gasteiger partial charge in [-0.15, -0.1) is 11.3 Å². The average molecular weight is 337 g/mol. The number of methoxy groups -OCH3 is 1. The minimum atomic E-state index is -1.62. The van der Waals surface area contributed by atoms with Gasteiger partial charge in [0.2, 0.25) is 0 Å². The number of thiophene rings is 1. The quantitative estimate of drug-likeness (QED) is 0.788. The smallest absolute Gasteiger partial charge is 0.339 e. The van der Waals surface area contributed by atoms with Gasteiger partial charge in [-0.2, -0.15) is 0 Å². The Kier molecular flexibility index (Phi) is 5.21. The number of anilines is 1. The van der Waals surface area contributed by atoms with Crippen molar-refractivity contribution in [2.45, 2.75) is 39.7 Å². The maximum atomic E-state index is 11.6. The first-order valence-electron chi connectivity index (χ1n) is 7.54. The highest BCUT2D eigenvalue weighted by atomic mass is 32.1. The predicted octanol–water partition coefficient (Wildman–Crippen LogP) is 2.53. The van der Waals surface area contributed by atoms with Crippen molar-refractivity contribution in [1.29, 1.82) is 0 Å². The minimum Gasteiger partial charge on any atom is -0.467 e. The van der Waals surface area contributed by atoms with Gasteiger partial charge in [0.1, 0.15) is 16.5 Å². The Morgan fingerprint density at radius 3 is 2.78 bits per heavy atom. The maximum Gasteiger partial charge on any atom is 0.339 e. The third-order valence-electron chi connectivity index (χ3n) is 3.47. The lowest BCUT2D eigenvalue weighted by molar-refractivity contribution is -0.158. The molecular formula is C16H23N3O3S. The number of aliphatic hydroxyl groups is 1. The van der Waals surface area contributed by atoms with Crippen LogP contribution in [-0.2, 0) is 16.0 Å². The van der Waals surface area contributed by atoms with E-state index < -0.39 is 11.6 Å². The van der Waals surface area contributed by atoms with Gasteiger partial charge in [0.25, 0.3) is 0 Å². The van der Waals surface area contributed by atoms with E-state index in [4.69, 9.17) is 0 Å². The highest BCUT2D eigenvalue weighted by molar-refractivity contribution is 7.17. The fourth-order valence-corrected chi connectivity index (χ4v) is 3.37. The van der Waals surface area contributed by atoms with Gasteiger partial charge in [0.05, 0.1) is 19.0 Å². The summed E-state index contributed by atoms with van der Waals surface area (Å²) in [4.78, 5) is 21.4. The average Bonchev–Trinajstić information content (AvgIpc) is 2.85. The summed E-state index contributed by atoms with van der Waals surface area (Å²) in [7, 11) is 1.25. The number of hydrogen-bond donors (Lipinski definition) is 2. The molecule has 0 saturated carbocycles. The zero-order valence-electron chi connectivity index (χ0n) is 14.1. The number of nitrogens with one attached hydrogen (secondary N) is 1. The van der Waals surface area contributed by atoms with Crippen LogP contribution in [0.15, 0.2) is 5.38 Å². The van der Waals surface area contributed by atoms with Crippen LogP contribution in [0.5, 0.6) is 0 Å². The molecule has 6 nitrogen and oxygen atoms in total. The van der Waals surface area contributed by atoms with Gasteiger partial charge in [-0.05, 0) is 37.1 Å². The molecule has 0 spiro atoms. The molecule has 0 bridgehead atoms. The topological polar surface area (TPSA) is 84.3 Å². The Balaban J connectivity index is 2.35. The summed E-state index contributed by atoms with van der Waals surface area (Å²) in [5.41, 5.74) is -0.436. The van der Waals surface area contributed by atoms with Crippen LogP contribution >= 0.6 is 11.3 Å². The molecule has 1 atom stereocenters. The van der Waals surface area contributed by atoms with Gasteiger partial charge in [-0.1, -0.05) is 13.8 Å². The lowest BCUT2D eigenvalue weighted by Gasteiger charge is -2.21. The summed E-state index contributed by atoms with van der Waals surface area (Å²) in [6, 6.07) is 0. The monoisotopic (exact) mass is 337 g/mol. The molecule has 2 aromatic heterocycles. The lowest BCUT2D eigenvalue weighted by Crippen LogP contribution is -2.43. The summed E-state index contributed by atoms with van der Waals surface area (Å²) in [5, 5.41) is 16.3. The second-order valence-electron chi connectivity index (χ2n) is 6.28. The van der Waals surface area contributed by atoms with E-state index in [9.17, 15) is 9.90 Å². The fraction of sp³-hybridized carbons (Fsp3) is 0.562. The molecule has 0 fully saturated rings. The number of esters is 1. The van der Waals surface area contributed by atoms with E-state index in [0.717, 1.165) is 16.6 Å². The lowest BCUT2D eigenvalue weighted by atomic mass is 10.0. The van der Waals surface area contributed by atoms with Crippen LogP contribution < -0.4 is 5.32 Å². The van der Waals surface area contributed by atoms with E-state index in [-0.39, 0.29) is 6.54 Å². The second kappa shape index (κ2) is 6.80. The molecule has 0 unspecified atom stereocenters. The van der Waals surface area contributed by atoms with Crippen LogP contribution in [0.3, 0.4) is 0 Å².